The molecule has 0 aliphatic carbocycles. The largest absolute Gasteiger partial charge is 0.444 e. The van der Waals surface area contributed by atoms with Crippen LogP contribution in [0.15, 0.2) is 47.2 Å². The fourth-order valence-electron chi connectivity index (χ4n) is 2.34. The monoisotopic (exact) mass is 339 g/mol. The van der Waals surface area contributed by atoms with Gasteiger partial charge in [0.25, 0.3) is 5.91 Å². The summed E-state index contributed by atoms with van der Waals surface area (Å²) in [5.74, 6) is -0.305. The highest BCUT2D eigenvalue weighted by Crippen LogP contribution is 2.19. The van der Waals surface area contributed by atoms with Crippen LogP contribution in [0.4, 0.5) is 4.39 Å². The van der Waals surface area contributed by atoms with Gasteiger partial charge in [0.15, 0.2) is 0 Å². The molecule has 25 heavy (non-hydrogen) atoms. The van der Waals surface area contributed by atoms with E-state index >= 15 is 0 Å². The lowest BCUT2D eigenvalue weighted by Gasteiger charge is -2.04. The molecule has 2 aromatic heterocycles. The lowest BCUT2D eigenvalue weighted by atomic mass is 10.1. The number of hydrogen-bond acceptors (Lipinski definition) is 4. The summed E-state index contributed by atoms with van der Waals surface area (Å²) >= 11 is 0. The zero-order chi connectivity index (χ0) is 17.8. The van der Waals surface area contributed by atoms with Crippen molar-refractivity contribution in [1.82, 2.24) is 15.3 Å². The predicted octanol–water partition coefficient (Wildman–Crippen LogP) is 3.47. The Hall–Kier alpha value is -3.02. The second kappa shape index (κ2) is 7.25. The second-order valence-electron chi connectivity index (χ2n) is 5.85. The fourth-order valence-corrected chi connectivity index (χ4v) is 2.34. The SMILES string of the molecule is Cc1ccc(-c2nc(CCNC(=O)c3cnc(F)c(C)c3)co2)cc1. The minimum Gasteiger partial charge on any atom is -0.444 e. The average Bonchev–Trinajstić information content (AvgIpc) is 3.06. The van der Waals surface area contributed by atoms with Crippen molar-refractivity contribution in [2.75, 3.05) is 6.54 Å². The first-order chi connectivity index (χ1) is 12.0. The van der Waals surface area contributed by atoms with E-state index in [0.717, 1.165) is 11.3 Å². The van der Waals surface area contributed by atoms with Crippen molar-refractivity contribution in [1.29, 1.82) is 0 Å². The van der Waals surface area contributed by atoms with Gasteiger partial charge in [-0.15, -0.1) is 0 Å². The average molecular weight is 339 g/mol. The van der Waals surface area contributed by atoms with Crippen LogP contribution in [0.2, 0.25) is 0 Å². The molecule has 0 spiro atoms. The Morgan fingerprint density at radius 1 is 1.24 bits per heavy atom. The van der Waals surface area contributed by atoms with Crippen molar-refractivity contribution < 1.29 is 13.6 Å². The molecular formula is C19H18FN3O2. The third-order valence-corrected chi connectivity index (χ3v) is 3.79. The molecule has 1 amide bonds. The van der Waals surface area contributed by atoms with Crippen LogP contribution in [0.3, 0.4) is 0 Å². The highest BCUT2D eigenvalue weighted by molar-refractivity contribution is 5.94. The minimum atomic E-state index is -0.567. The Bertz CT molecular complexity index is 888. The zero-order valence-corrected chi connectivity index (χ0v) is 14.0. The molecule has 0 fully saturated rings. The van der Waals surface area contributed by atoms with Crippen molar-refractivity contribution in [3.8, 4) is 11.5 Å². The van der Waals surface area contributed by atoms with Crippen LogP contribution >= 0.6 is 0 Å². The van der Waals surface area contributed by atoms with E-state index in [9.17, 15) is 9.18 Å². The molecule has 0 atom stereocenters. The smallest absolute Gasteiger partial charge is 0.252 e. The van der Waals surface area contributed by atoms with Gasteiger partial charge in [-0.25, -0.2) is 9.97 Å². The van der Waals surface area contributed by atoms with Crippen LogP contribution in [0.25, 0.3) is 11.5 Å². The maximum atomic E-state index is 13.1. The number of halogens is 1. The van der Waals surface area contributed by atoms with Gasteiger partial charge in [-0.05, 0) is 32.0 Å². The summed E-state index contributed by atoms with van der Waals surface area (Å²) in [6.07, 6.45) is 3.35. The van der Waals surface area contributed by atoms with Gasteiger partial charge in [0.2, 0.25) is 11.8 Å². The summed E-state index contributed by atoms with van der Waals surface area (Å²) in [5, 5.41) is 2.77. The molecular weight excluding hydrogens is 321 g/mol. The van der Waals surface area contributed by atoms with Crippen LogP contribution < -0.4 is 5.32 Å². The van der Waals surface area contributed by atoms with Gasteiger partial charge >= 0.3 is 0 Å². The molecule has 3 aromatic rings. The Kier molecular flexibility index (Phi) is 4.88. The highest BCUT2D eigenvalue weighted by Gasteiger charge is 2.10. The zero-order valence-electron chi connectivity index (χ0n) is 14.0. The molecule has 0 radical (unpaired) electrons. The number of aryl methyl sites for hydroxylation is 2. The van der Waals surface area contributed by atoms with Crippen molar-refractivity contribution in [2.45, 2.75) is 20.3 Å². The molecule has 3 rings (SSSR count). The molecule has 0 aliphatic rings. The number of carbonyl (C=O) groups is 1. The Morgan fingerprint density at radius 3 is 2.72 bits per heavy atom. The number of aromatic nitrogens is 2. The second-order valence-corrected chi connectivity index (χ2v) is 5.85. The first-order valence-electron chi connectivity index (χ1n) is 7.95. The lowest BCUT2D eigenvalue weighted by molar-refractivity contribution is 0.0953. The van der Waals surface area contributed by atoms with Crippen LogP contribution in [-0.4, -0.2) is 22.4 Å². The number of hydrogen-bond donors (Lipinski definition) is 1. The van der Waals surface area contributed by atoms with E-state index in [2.05, 4.69) is 15.3 Å². The van der Waals surface area contributed by atoms with Crippen LogP contribution in [0, 0.1) is 19.8 Å². The van der Waals surface area contributed by atoms with Gasteiger partial charge in [0.05, 0.1) is 11.3 Å². The molecule has 1 aromatic carbocycles. The summed E-state index contributed by atoms with van der Waals surface area (Å²) in [6.45, 7) is 3.99. The van der Waals surface area contributed by atoms with Crippen molar-refractivity contribution in [3.63, 3.8) is 0 Å². The normalized spacial score (nSPS) is 10.7. The number of benzene rings is 1. The maximum absolute atomic E-state index is 13.1. The maximum Gasteiger partial charge on any atom is 0.252 e. The number of amides is 1. The molecule has 0 aliphatic heterocycles. The Morgan fingerprint density at radius 2 is 2.00 bits per heavy atom. The first-order valence-corrected chi connectivity index (χ1v) is 7.95. The minimum absolute atomic E-state index is 0.294. The highest BCUT2D eigenvalue weighted by atomic mass is 19.1. The van der Waals surface area contributed by atoms with Gasteiger partial charge < -0.3 is 9.73 Å². The van der Waals surface area contributed by atoms with E-state index in [-0.39, 0.29) is 5.91 Å². The molecule has 128 valence electrons. The van der Waals surface area contributed by atoms with Crippen LogP contribution in [0.5, 0.6) is 0 Å². The third kappa shape index (κ3) is 4.09. The van der Waals surface area contributed by atoms with Crippen molar-refractivity contribution in [3.05, 3.63) is 71.1 Å². The quantitative estimate of drug-likeness (QED) is 0.723. The fraction of sp³-hybridized carbons (Fsp3) is 0.211. The van der Waals surface area contributed by atoms with Gasteiger partial charge in [0.1, 0.15) is 6.26 Å². The van der Waals surface area contributed by atoms with E-state index in [1.807, 2.05) is 31.2 Å². The molecule has 5 nitrogen and oxygen atoms in total. The van der Waals surface area contributed by atoms with Crippen molar-refractivity contribution in [2.24, 2.45) is 0 Å². The number of nitrogens with one attached hydrogen (secondary N) is 1. The van der Waals surface area contributed by atoms with E-state index in [1.165, 1.54) is 17.8 Å². The molecule has 0 bridgehead atoms. The molecule has 6 heteroatoms. The van der Waals surface area contributed by atoms with Crippen LogP contribution in [0.1, 0.15) is 27.2 Å². The van der Waals surface area contributed by atoms with Crippen molar-refractivity contribution >= 4 is 5.91 Å². The number of pyridine rings is 1. The lowest BCUT2D eigenvalue weighted by Crippen LogP contribution is -2.26. The Labute approximate surface area is 144 Å². The van der Waals surface area contributed by atoms with E-state index in [4.69, 9.17) is 4.42 Å². The first kappa shape index (κ1) is 16.8. The van der Waals surface area contributed by atoms with E-state index < -0.39 is 5.95 Å². The molecule has 0 saturated heterocycles. The Balaban J connectivity index is 1.56. The standard InChI is InChI=1S/C19H18FN3O2/c1-12-3-5-14(6-4-12)19-23-16(11-25-19)7-8-21-18(24)15-9-13(2)17(20)22-10-15/h3-6,9-11H,7-8H2,1-2H3,(H,21,24). The number of carbonyl (C=O) groups excluding carboxylic acids is 1. The molecule has 2 heterocycles. The van der Waals surface area contributed by atoms with Crippen LogP contribution in [-0.2, 0) is 6.42 Å². The molecule has 1 N–H and O–H groups in total. The summed E-state index contributed by atoms with van der Waals surface area (Å²) in [4.78, 5) is 20.0. The number of oxazole rings is 1. The van der Waals surface area contributed by atoms with Gasteiger partial charge in [-0.1, -0.05) is 17.7 Å². The number of nitrogens with zero attached hydrogens (tertiary/aromatic N) is 2. The summed E-state index contributed by atoms with van der Waals surface area (Å²) in [5.41, 5.74) is 3.51. The summed E-state index contributed by atoms with van der Waals surface area (Å²) in [6, 6.07) is 9.38. The summed E-state index contributed by atoms with van der Waals surface area (Å²) in [7, 11) is 0. The number of rotatable bonds is 5. The summed E-state index contributed by atoms with van der Waals surface area (Å²) < 4.78 is 18.6. The van der Waals surface area contributed by atoms with Gasteiger partial charge in [-0.3, -0.25) is 4.79 Å². The third-order valence-electron chi connectivity index (χ3n) is 3.79. The predicted molar refractivity (Wildman–Crippen MR) is 91.6 cm³/mol. The van der Waals surface area contributed by atoms with E-state index in [0.29, 0.717) is 30.0 Å². The van der Waals surface area contributed by atoms with Gasteiger partial charge in [0, 0.05) is 30.3 Å². The van der Waals surface area contributed by atoms with Gasteiger partial charge in [-0.2, -0.15) is 4.39 Å². The molecule has 0 unspecified atom stereocenters. The van der Waals surface area contributed by atoms with E-state index in [1.54, 1.807) is 13.2 Å². The topological polar surface area (TPSA) is 68.0 Å². The molecule has 0 saturated carbocycles.